The van der Waals surface area contributed by atoms with E-state index >= 15 is 0 Å². The highest BCUT2D eigenvalue weighted by Gasteiger charge is 2.37. The van der Waals surface area contributed by atoms with Crippen LogP contribution < -0.4 is 4.74 Å². The Morgan fingerprint density at radius 2 is 1.88 bits per heavy atom. The van der Waals surface area contributed by atoms with Gasteiger partial charge in [-0.2, -0.15) is 18.3 Å². The lowest BCUT2D eigenvalue weighted by atomic mass is 10.1. The van der Waals surface area contributed by atoms with E-state index in [0.717, 1.165) is 37.6 Å². The molecule has 0 unspecified atom stereocenters. The van der Waals surface area contributed by atoms with Crippen molar-refractivity contribution in [1.29, 1.82) is 0 Å². The van der Waals surface area contributed by atoms with E-state index in [0.29, 0.717) is 45.3 Å². The van der Waals surface area contributed by atoms with Crippen LogP contribution in [-0.4, -0.2) is 51.5 Å². The summed E-state index contributed by atoms with van der Waals surface area (Å²) in [7, 11) is 1.54. The maximum atomic E-state index is 13.3. The Balaban J connectivity index is 1.23. The monoisotopic (exact) mass is 548 g/mol. The molecule has 40 heavy (non-hydrogen) atoms. The van der Waals surface area contributed by atoms with Gasteiger partial charge in [-0.3, -0.25) is 0 Å². The lowest BCUT2D eigenvalue weighted by Gasteiger charge is -2.11. The number of imidazole rings is 1. The lowest BCUT2D eigenvalue weighted by Crippen LogP contribution is -2.06. The number of phenolic OH excluding ortho intramolecular Hbond substituents is 1. The number of hydrogen-bond acceptors (Lipinski definition) is 8. The van der Waals surface area contributed by atoms with Crippen LogP contribution in [0.25, 0.3) is 33.8 Å². The number of ether oxygens (including phenoxy) is 1. The summed E-state index contributed by atoms with van der Waals surface area (Å²) < 4.78 is 48.7. The summed E-state index contributed by atoms with van der Waals surface area (Å²) in [6.45, 7) is 0.175. The molecule has 0 bridgehead atoms. The molecule has 1 aromatic carbocycles. The Bertz CT molecular complexity index is 1750. The van der Waals surface area contributed by atoms with Gasteiger partial charge < -0.3 is 14.4 Å². The Hall–Kier alpha value is -4.55. The summed E-state index contributed by atoms with van der Waals surface area (Å²) in [6.07, 6.45) is 4.93. The van der Waals surface area contributed by atoms with Crippen LogP contribution in [0, 0.1) is 0 Å². The van der Waals surface area contributed by atoms with Crippen LogP contribution in [-0.2, 0) is 12.7 Å². The minimum absolute atomic E-state index is 0.0150. The van der Waals surface area contributed by atoms with Crippen molar-refractivity contribution in [3.8, 4) is 34.4 Å². The topological polar surface area (TPSA) is 117 Å². The first-order valence-electron chi connectivity index (χ1n) is 12.9. The fourth-order valence-corrected chi connectivity index (χ4v) is 4.89. The molecular formula is C27H23F3N8O2. The molecule has 204 valence electrons. The maximum absolute atomic E-state index is 13.3. The van der Waals surface area contributed by atoms with Gasteiger partial charge in [0.05, 0.1) is 30.9 Å². The van der Waals surface area contributed by atoms with Crippen LogP contribution >= 0.6 is 0 Å². The Kier molecular flexibility index (Phi) is 5.51. The number of methoxy groups -OCH3 is 1. The predicted octanol–water partition coefficient (Wildman–Crippen LogP) is 5.14. The molecular weight excluding hydrogens is 525 g/mol. The van der Waals surface area contributed by atoms with E-state index in [4.69, 9.17) is 9.72 Å². The average Bonchev–Trinajstić information content (AvgIpc) is 3.88. The molecule has 4 heterocycles. The van der Waals surface area contributed by atoms with E-state index < -0.39 is 11.9 Å². The molecule has 0 atom stereocenters. The lowest BCUT2D eigenvalue weighted by molar-refractivity contribution is -0.140. The van der Waals surface area contributed by atoms with Gasteiger partial charge >= 0.3 is 6.18 Å². The number of aromatic hydroxyl groups is 1. The average molecular weight is 549 g/mol. The number of fused-ring (bicyclic) bond motifs is 1. The SMILES string of the molecule is COc1ncnc(C2CC2)c1-c1ncc2cnn(Cc3ccc(-c4nc(C(F)(F)F)cn4C4CC4)cc3O)c2n1. The second kappa shape index (κ2) is 9.00. The second-order valence-corrected chi connectivity index (χ2v) is 10.1. The highest BCUT2D eigenvalue weighted by Crippen LogP contribution is 2.45. The van der Waals surface area contributed by atoms with E-state index in [1.54, 1.807) is 40.9 Å². The van der Waals surface area contributed by atoms with Crippen LogP contribution in [0.1, 0.15) is 54.6 Å². The smallest absolute Gasteiger partial charge is 0.434 e. The number of phenols is 1. The number of halogens is 3. The zero-order valence-corrected chi connectivity index (χ0v) is 21.3. The van der Waals surface area contributed by atoms with Gasteiger partial charge in [-0.1, -0.05) is 12.1 Å². The van der Waals surface area contributed by atoms with Crippen LogP contribution in [0.15, 0.2) is 43.1 Å². The van der Waals surface area contributed by atoms with Gasteiger partial charge in [-0.05, 0) is 31.7 Å². The van der Waals surface area contributed by atoms with Crippen LogP contribution in [0.5, 0.6) is 11.6 Å². The first-order valence-corrected chi connectivity index (χ1v) is 12.9. The molecule has 2 aliphatic rings. The van der Waals surface area contributed by atoms with Gasteiger partial charge in [-0.25, -0.2) is 29.6 Å². The van der Waals surface area contributed by atoms with E-state index in [1.807, 2.05) is 0 Å². The van der Waals surface area contributed by atoms with Crippen molar-refractivity contribution in [2.45, 2.75) is 50.4 Å². The molecule has 7 rings (SSSR count). The van der Waals surface area contributed by atoms with Crippen molar-refractivity contribution in [1.82, 2.24) is 39.3 Å². The largest absolute Gasteiger partial charge is 0.508 e. The standard InChI is InChI=1S/C27H23F3N8O2/c1-40-26-21(22(14-2-3-14)32-13-33-26)23-31-9-17-10-34-38(25(17)36-23)11-16-5-4-15(8-19(16)39)24-35-20(27(28,29)30)12-37(24)18-6-7-18/h4-5,8-10,12-14,18,39H,2-3,6-7,11H2,1H3. The fraction of sp³-hybridized carbons (Fsp3) is 0.333. The summed E-state index contributed by atoms with van der Waals surface area (Å²) in [4.78, 5) is 21.9. The minimum atomic E-state index is -4.55. The van der Waals surface area contributed by atoms with Crippen molar-refractivity contribution in [3.05, 3.63) is 60.1 Å². The first-order chi connectivity index (χ1) is 19.3. The Morgan fingerprint density at radius 3 is 2.58 bits per heavy atom. The summed E-state index contributed by atoms with van der Waals surface area (Å²) >= 11 is 0. The van der Waals surface area contributed by atoms with Crippen molar-refractivity contribution in [3.63, 3.8) is 0 Å². The number of rotatable bonds is 7. The zero-order chi connectivity index (χ0) is 27.6. The van der Waals surface area contributed by atoms with Gasteiger partial charge in [-0.15, -0.1) is 0 Å². The van der Waals surface area contributed by atoms with Crippen LogP contribution in [0.2, 0.25) is 0 Å². The molecule has 1 N–H and O–H groups in total. The molecule has 2 fully saturated rings. The molecule has 2 saturated carbocycles. The third kappa shape index (κ3) is 4.31. The molecule has 4 aromatic heterocycles. The van der Waals surface area contributed by atoms with Crippen molar-refractivity contribution < 1.29 is 23.0 Å². The van der Waals surface area contributed by atoms with Crippen LogP contribution in [0.3, 0.4) is 0 Å². The van der Waals surface area contributed by atoms with Gasteiger partial charge in [0, 0.05) is 35.5 Å². The summed E-state index contributed by atoms with van der Waals surface area (Å²) in [5.74, 6) is 1.23. The number of benzene rings is 1. The number of alkyl halides is 3. The molecule has 10 nitrogen and oxygen atoms in total. The van der Waals surface area contributed by atoms with Gasteiger partial charge in [0.25, 0.3) is 0 Å². The third-order valence-electron chi connectivity index (χ3n) is 7.23. The fourth-order valence-electron chi connectivity index (χ4n) is 4.89. The van der Waals surface area contributed by atoms with Crippen molar-refractivity contribution in [2.75, 3.05) is 7.11 Å². The number of nitrogens with zero attached hydrogens (tertiary/aromatic N) is 8. The second-order valence-electron chi connectivity index (χ2n) is 10.1. The Labute approximate surface area is 225 Å². The quantitative estimate of drug-likeness (QED) is 0.297. The summed E-state index contributed by atoms with van der Waals surface area (Å²) in [6, 6.07) is 4.76. The number of aromatic nitrogens is 8. The predicted molar refractivity (Wildman–Crippen MR) is 137 cm³/mol. The van der Waals surface area contributed by atoms with Crippen LogP contribution in [0.4, 0.5) is 13.2 Å². The molecule has 13 heteroatoms. The maximum Gasteiger partial charge on any atom is 0.434 e. The highest BCUT2D eigenvalue weighted by molar-refractivity contribution is 5.77. The summed E-state index contributed by atoms with van der Waals surface area (Å²) in [5, 5.41) is 16.0. The van der Waals surface area contributed by atoms with Crippen molar-refractivity contribution in [2.24, 2.45) is 0 Å². The minimum Gasteiger partial charge on any atom is -0.508 e. The van der Waals surface area contributed by atoms with E-state index in [1.165, 1.54) is 12.4 Å². The molecule has 0 amide bonds. The molecule has 0 saturated heterocycles. The normalized spacial score (nSPS) is 15.6. The zero-order valence-electron chi connectivity index (χ0n) is 21.3. The Morgan fingerprint density at radius 1 is 1.05 bits per heavy atom. The van der Waals surface area contributed by atoms with Gasteiger partial charge in [0.2, 0.25) is 5.88 Å². The molecule has 2 aliphatic carbocycles. The third-order valence-corrected chi connectivity index (χ3v) is 7.23. The summed E-state index contributed by atoms with van der Waals surface area (Å²) in [5.41, 5.74) is 2.03. The molecule has 0 radical (unpaired) electrons. The van der Waals surface area contributed by atoms with Gasteiger partial charge in [0.15, 0.2) is 17.2 Å². The molecule has 0 spiro atoms. The van der Waals surface area contributed by atoms with E-state index in [9.17, 15) is 18.3 Å². The van der Waals surface area contributed by atoms with Crippen molar-refractivity contribution >= 4 is 11.0 Å². The number of hydrogen-bond donors (Lipinski definition) is 1. The first kappa shape index (κ1) is 24.5. The molecule has 5 aromatic rings. The van der Waals surface area contributed by atoms with E-state index in [-0.39, 0.29) is 24.2 Å². The molecule has 0 aliphatic heterocycles. The van der Waals surface area contributed by atoms with Gasteiger partial charge in [0.1, 0.15) is 23.5 Å². The highest BCUT2D eigenvalue weighted by atomic mass is 19.4. The van der Waals surface area contributed by atoms with E-state index in [2.05, 4.69) is 25.0 Å².